The minimum atomic E-state index is -0.223. The third kappa shape index (κ3) is 6.01. The van der Waals surface area contributed by atoms with Crippen molar-refractivity contribution in [3.8, 4) is 0 Å². The van der Waals surface area contributed by atoms with Gasteiger partial charge < -0.3 is 15.0 Å². The summed E-state index contributed by atoms with van der Waals surface area (Å²) >= 11 is 0. The van der Waals surface area contributed by atoms with E-state index < -0.39 is 0 Å². The lowest BCUT2D eigenvalue weighted by molar-refractivity contribution is 0.125. The number of hydrogen-bond donors (Lipinski definition) is 1. The molecular formula is C19H24FN3O. The highest BCUT2D eigenvalue weighted by molar-refractivity contribution is 5.79. The van der Waals surface area contributed by atoms with Crippen LogP contribution in [0.1, 0.15) is 11.1 Å². The molecule has 0 saturated carbocycles. The first-order chi connectivity index (χ1) is 11.7. The average Bonchev–Trinajstić information content (AvgIpc) is 2.61. The smallest absolute Gasteiger partial charge is 0.193 e. The van der Waals surface area contributed by atoms with Gasteiger partial charge in [0.2, 0.25) is 0 Å². The number of guanidine groups is 1. The Bertz CT molecular complexity index is 629. The molecule has 0 saturated heterocycles. The predicted octanol–water partition coefficient (Wildman–Crippen LogP) is 3.05. The van der Waals surface area contributed by atoms with Crippen molar-refractivity contribution in [3.05, 3.63) is 71.5 Å². The molecule has 0 aliphatic heterocycles. The lowest BCUT2D eigenvalue weighted by atomic mass is 10.2. The van der Waals surface area contributed by atoms with Gasteiger partial charge in [0.15, 0.2) is 5.96 Å². The van der Waals surface area contributed by atoms with E-state index in [1.807, 2.05) is 42.3 Å². The molecule has 0 atom stereocenters. The number of aliphatic imine (C=N–C) groups is 1. The lowest BCUT2D eigenvalue weighted by Crippen LogP contribution is -2.39. The fourth-order valence-electron chi connectivity index (χ4n) is 2.32. The molecule has 4 nitrogen and oxygen atoms in total. The first-order valence-electron chi connectivity index (χ1n) is 7.97. The van der Waals surface area contributed by atoms with Gasteiger partial charge in [-0.1, -0.05) is 42.5 Å². The Morgan fingerprint density at radius 2 is 1.79 bits per heavy atom. The molecule has 0 aliphatic rings. The Hall–Kier alpha value is -2.40. The summed E-state index contributed by atoms with van der Waals surface area (Å²) in [5.74, 6) is 0.558. The standard InChI is InChI=1S/C19H24FN3O/c1-21-19(23(2)14-16-8-10-18(20)11-9-16)22-12-13-24-15-17-6-4-3-5-7-17/h3-11H,12-15H2,1-2H3,(H,21,22). The summed E-state index contributed by atoms with van der Waals surface area (Å²) in [6.07, 6.45) is 0. The van der Waals surface area contributed by atoms with E-state index in [1.165, 1.54) is 12.1 Å². The summed E-state index contributed by atoms with van der Waals surface area (Å²) in [6.45, 7) is 2.53. The van der Waals surface area contributed by atoms with E-state index in [0.29, 0.717) is 26.3 Å². The van der Waals surface area contributed by atoms with Gasteiger partial charge >= 0.3 is 0 Å². The monoisotopic (exact) mass is 329 g/mol. The molecular weight excluding hydrogens is 305 g/mol. The zero-order valence-electron chi connectivity index (χ0n) is 14.2. The normalized spacial score (nSPS) is 11.4. The molecule has 0 bridgehead atoms. The summed E-state index contributed by atoms with van der Waals surface area (Å²) in [6, 6.07) is 16.6. The van der Waals surface area contributed by atoms with Crippen LogP contribution in [0.25, 0.3) is 0 Å². The van der Waals surface area contributed by atoms with E-state index in [0.717, 1.165) is 17.1 Å². The van der Waals surface area contributed by atoms with Gasteiger partial charge in [-0.15, -0.1) is 0 Å². The van der Waals surface area contributed by atoms with Crippen molar-refractivity contribution in [2.45, 2.75) is 13.2 Å². The highest BCUT2D eigenvalue weighted by Crippen LogP contribution is 2.05. The van der Waals surface area contributed by atoms with Crippen LogP contribution >= 0.6 is 0 Å². The SMILES string of the molecule is CN=C(NCCOCc1ccccc1)N(C)Cc1ccc(F)cc1. The van der Waals surface area contributed by atoms with Gasteiger partial charge in [0.05, 0.1) is 13.2 Å². The van der Waals surface area contributed by atoms with Crippen molar-refractivity contribution in [1.29, 1.82) is 0 Å². The van der Waals surface area contributed by atoms with Crippen LogP contribution in [0.15, 0.2) is 59.6 Å². The lowest BCUT2D eigenvalue weighted by Gasteiger charge is -2.22. The molecule has 128 valence electrons. The van der Waals surface area contributed by atoms with E-state index in [9.17, 15) is 4.39 Å². The quantitative estimate of drug-likeness (QED) is 0.482. The molecule has 5 heteroatoms. The molecule has 0 aromatic heterocycles. The zero-order valence-corrected chi connectivity index (χ0v) is 14.2. The topological polar surface area (TPSA) is 36.9 Å². The van der Waals surface area contributed by atoms with Crippen LogP contribution in [-0.2, 0) is 17.9 Å². The number of hydrogen-bond acceptors (Lipinski definition) is 2. The minimum Gasteiger partial charge on any atom is -0.375 e. The van der Waals surface area contributed by atoms with E-state index >= 15 is 0 Å². The number of rotatable bonds is 7. The first kappa shape index (κ1) is 17.9. The van der Waals surface area contributed by atoms with E-state index in [2.05, 4.69) is 10.3 Å². The number of nitrogens with zero attached hydrogens (tertiary/aromatic N) is 2. The minimum absolute atomic E-state index is 0.223. The molecule has 0 unspecified atom stereocenters. The molecule has 0 aliphatic carbocycles. The van der Waals surface area contributed by atoms with Crippen molar-refractivity contribution in [2.24, 2.45) is 4.99 Å². The Morgan fingerprint density at radius 1 is 1.08 bits per heavy atom. The summed E-state index contributed by atoms with van der Waals surface area (Å²) < 4.78 is 18.6. The second kappa shape index (κ2) is 9.67. The summed E-state index contributed by atoms with van der Waals surface area (Å²) in [7, 11) is 3.69. The molecule has 0 spiro atoms. The first-order valence-corrected chi connectivity index (χ1v) is 7.97. The molecule has 0 heterocycles. The van der Waals surface area contributed by atoms with Gasteiger partial charge in [-0.25, -0.2) is 4.39 Å². The van der Waals surface area contributed by atoms with Gasteiger partial charge in [0, 0.05) is 27.2 Å². The Balaban J connectivity index is 1.70. The Labute approximate surface area is 143 Å². The molecule has 2 aromatic rings. The second-order valence-corrected chi connectivity index (χ2v) is 5.49. The van der Waals surface area contributed by atoms with Crippen molar-refractivity contribution in [2.75, 3.05) is 27.2 Å². The fourth-order valence-corrected chi connectivity index (χ4v) is 2.32. The third-order valence-corrected chi connectivity index (χ3v) is 3.55. The maximum Gasteiger partial charge on any atom is 0.193 e. The molecule has 2 rings (SSSR count). The van der Waals surface area contributed by atoms with Crippen LogP contribution in [0.4, 0.5) is 4.39 Å². The van der Waals surface area contributed by atoms with E-state index in [-0.39, 0.29) is 5.82 Å². The molecule has 2 aromatic carbocycles. The van der Waals surface area contributed by atoms with E-state index in [4.69, 9.17) is 4.74 Å². The molecule has 0 fully saturated rings. The molecule has 1 N–H and O–H groups in total. The van der Waals surface area contributed by atoms with Crippen LogP contribution in [-0.4, -0.2) is 38.1 Å². The second-order valence-electron chi connectivity index (χ2n) is 5.49. The maximum absolute atomic E-state index is 12.9. The van der Waals surface area contributed by atoms with Crippen LogP contribution in [0.2, 0.25) is 0 Å². The van der Waals surface area contributed by atoms with Gasteiger partial charge in [-0.3, -0.25) is 4.99 Å². The number of halogens is 1. The Kier molecular flexibility index (Phi) is 7.23. The van der Waals surface area contributed by atoms with Crippen LogP contribution in [0.3, 0.4) is 0 Å². The van der Waals surface area contributed by atoms with Crippen molar-refractivity contribution in [1.82, 2.24) is 10.2 Å². The third-order valence-electron chi connectivity index (χ3n) is 3.55. The number of ether oxygens (including phenoxy) is 1. The van der Waals surface area contributed by atoms with Gasteiger partial charge in [0.1, 0.15) is 5.82 Å². The average molecular weight is 329 g/mol. The highest BCUT2D eigenvalue weighted by Gasteiger charge is 2.06. The largest absolute Gasteiger partial charge is 0.375 e. The van der Waals surface area contributed by atoms with Gasteiger partial charge in [-0.2, -0.15) is 0 Å². The summed E-state index contributed by atoms with van der Waals surface area (Å²) in [4.78, 5) is 6.25. The van der Waals surface area contributed by atoms with Crippen molar-refractivity contribution < 1.29 is 9.13 Å². The molecule has 0 radical (unpaired) electrons. The predicted molar refractivity (Wildman–Crippen MR) is 95.3 cm³/mol. The van der Waals surface area contributed by atoms with E-state index in [1.54, 1.807) is 19.2 Å². The number of nitrogens with one attached hydrogen (secondary N) is 1. The Morgan fingerprint density at radius 3 is 2.46 bits per heavy atom. The van der Waals surface area contributed by atoms with Crippen LogP contribution in [0.5, 0.6) is 0 Å². The fraction of sp³-hybridized carbons (Fsp3) is 0.316. The van der Waals surface area contributed by atoms with Crippen LogP contribution < -0.4 is 5.32 Å². The maximum atomic E-state index is 12.9. The molecule has 24 heavy (non-hydrogen) atoms. The number of benzene rings is 2. The van der Waals surface area contributed by atoms with Crippen molar-refractivity contribution >= 4 is 5.96 Å². The summed E-state index contributed by atoms with van der Waals surface area (Å²) in [5, 5.41) is 3.26. The summed E-state index contributed by atoms with van der Waals surface area (Å²) in [5.41, 5.74) is 2.19. The van der Waals surface area contributed by atoms with Crippen molar-refractivity contribution in [3.63, 3.8) is 0 Å². The van der Waals surface area contributed by atoms with Gasteiger partial charge in [-0.05, 0) is 23.3 Å². The van der Waals surface area contributed by atoms with Crippen LogP contribution in [0, 0.1) is 5.82 Å². The van der Waals surface area contributed by atoms with Gasteiger partial charge in [0.25, 0.3) is 0 Å². The zero-order chi connectivity index (χ0) is 17.2. The molecule has 0 amide bonds. The highest BCUT2D eigenvalue weighted by atomic mass is 19.1.